The Kier molecular flexibility index (Phi) is 6.07. The highest BCUT2D eigenvalue weighted by Crippen LogP contribution is 2.26. The lowest BCUT2D eigenvalue weighted by molar-refractivity contribution is -0.750. The molecule has 9 N–H and O–H groups in total. The predicted octanol–water partition coefficient (Wildman–Crippen LogP) is -5.96. The fraction of sp³-hybridized carbons (Fsp3) is 1.00. The molecule has 2 aliphatic heterocycles. The lowest BCUT2D eigenvalue weighted by atomic mass is 9.92. The van der Waals surface area contributed by atoms with E-state index in [1.165, 1.54) is 5.32 Å². The maximum atomic E-state index is 9.98. The number of hydrogen-bond acceptors (Lipinski definition) is 9. The zero-order valence-electron chi connectivity index (χ0n) is 11.8. The van der Waals surface area contributed by atoms with Gasteiger partial charge in [0.1, 0.15) is 30.5 Å². The molecule has 0 aromatic carbocycles. The Balaban J connectivity index is 2.09. The van der Waals surface area contributed by atoms with E-state index in [0.717, 1.165) is 0 Å². The SMILES string of the molecule is OC[C@H]1C[NH2+][C@H](O)[C@@H](O)[C@@H]1O[C@@H]1O[C@H](CO)[C@@H](O)[C@H](O)[C@H]1O. The van der Waals surface area contributed by atoms with Crippen molar-refractivity contribution in [3.63, 3.8) is 0 Å². The van der Waals surface area contributed by atoms with Crippen LogP contribution in [0.15, 0.2) is 0 Å². The van der Waals surface area contributed by atoms with Crippen LogP contribution in [0.3, 0.4) is 0 Å². The highest BCUT2D eigenvalue weighted by molar-refractivity contribution is 4.90. The van der Waals surface area contributed by atoms with Crippen molar-refractivity contribution in [1.82, 2.24) is 0 Å². The fourth-order valence-electron chi connectivity index (χ4n) is 2.77. The van der Waals surface area contributed by atoms with Gasteiger partial charge in [-0.15, -0.1) is 0 Å². The molecule has 0 spiro atoms. The summed E-state index contributed by atoms with van der Waals surface area (Å²) in [7, 11) is 0. The molecule has 2 rings (SSSR count). The molecule has 22 heavy (non-hydrogen) atoms. The van der Waals surface area contributed by atoms with Crippen LogP contribution in [-0.4, -0.2) is 105 Å². The van der Waals surface area contributed by atoms with Gasteiger partial charge >= 0.3 is 0 Å². The molecule has 0 aromatic rings. The summed E-state index contributed by atoms with van der Waals surface area (Å²) in [5.41, 5.74) is 0. The Morgan fingerprint density at radius 2 is 1.59 bits per heavy atom. The van der Waals surface area contributed by atoms with Gasteiger partial charge in [-0.2, -0.15) is 0 Å². The molecule has 0 unspecified atom stereocenters. The van der Waals surface area contributed by atoms with Gasteiger partial charge in [-0.1, -0.05) is 0 Å². The first-order valence-corrected chi connectivity index (χ1v) is 7.17. The van der Waals surface area contributed by atoms with Crippen molar-refractivity contribution in [2.24, 2.45) is 5.92 Å². The van der Waals surface area contributed by atoms with Crippen molar-refractivity contribution >= 4 is 0 Å². The second-order valence-electron chi connectivity index (χ2n) is 5.69. The molecule has 0 amide bonds. The average Bonchev–Trinajstić information content (AvgIpc) is 2.52. The van der Waals surface area contributed by atoms with Gasteiger partial charge in [0.2, 0.25) is 6.23 Å². The minimum Gasteiger partial charge on any atom is -0.396 e. The van der Waals surface area contributed by atoms with Gasteiger partial charge in [0.15, 0.2) is 12.4 Å². The molecule has 0 aliphatic carbocycles. The van der Waals surface area contributed by atoms with Crippen LogP contribution in [0.4, 0.5) is 0 Å². The van der Waals surface area contributed by atoms with Crippen LogP contribution in [0.1, 0.15) is 0 Å². The topological polar surface area (TPSA) is 177 Å². The van der Waals surface area contributed by atoms with Crippen LogP contribution in [0, 0.1) is 5.92 Å². The lowest BCUT2D eigenvalue weighted by Crippen LogP contribution is -2.97. The Bertz CT molecular complexity index is 355. The van der Waals surface area contributed by atoms with Crippen LogP contribution < -0.4 is 5.32 Å². The Hall–Kier alpha value is -0.400. The predicted molar refractivity (Wildman–Crippen MR) is 68.0 cm³/mol. The van der Waals surface area contributed by atoms with Crippen LogP contribution in [0.5, 0.6) is 0 Å². The largest absolute Gasteiger partial charge is 0.396 e. The third kappa shape index (κ3) is 3.41. The Labute approximate surface area is 126 Å². The van der Waals surface area contributed by atoms with E-state index < -0.39 is 61.7 Å². The van der Waals surface area contributed by atoms with Crippen LogP contribution in [-0.2, 0) is 9.47 Å². The maximum Gasteiger partial charge on any atom is 0.216 e. The number of ether oxygens (including phenoxy) is 2. The summed E-state index contributed by atoms with van der Waals surface area (Å²) in [6.07, 6.45) is -10.8. The van der Waals surface area contributed by atoms with Gasteiger partial charge in [-0.05, 0) is 0 Å². The van der Waals surface area contributed by atoms with E-state index in [0.29, 0.717) is 0 Å². The molecule has 0 bridgehead atoms. The van der Waals surface area contributed by atoms with E-state index in [2.05, 4.69) is 0 Å². The number of hydrogen-bond donors (Lipinski definition) is 8. The molecule has 2 fully saturated rings. The first-order chi connectivity index (χ1) is 10.4. The molecule has 0 saturated carbocycles. The molecule has 0 aromatic heterocycles. The van der Waals surface area contributed by atoms with Crippen LogP contribution >= 0.6 is 0 Å². The highest BCUT2D eigenvalue weighted by atomic mass is 16.7. The van der Waals surface area contributed by atoms with E-state index in [1.807, 2.05) is 0 Å². The third-order valence-electron chi connectivity index (χ3n) is 4.21. The minimum atomic E-state index is -1.60. The quantitative estimate of drug-likeness (QED) is 0.250. The zero-order chi connectivity index (χ0) is 16.4. The second-order valence-corrected chi connectivity index (χ2v) is 5.69. The number of nitrogens with two attached hydrogens (primary N) is 1. The van der Waals surface area contributed by atoms with E-state index in [1.54, 1.807) is 0 Å². The first kappa shape index (κ1) is 17.9. The molecule has 10 nitrogen and oxygen atoms in total. The van der Waals surface area contributed by atoms with Gasteiger partial charge < -0.3 is 50.5 Å². The summed E-state index contributed by atoms with van der Waals surface area (Å²) in [5, 5.41) is 68.8. The number of aliphatic hydroxyl groups is 7. The molecular weight excluding hydrogens is 302 g/mol. The minimum absolute atomic E-state index is 0.289. The smallest absolute Gasteiger partial charge is 0.216 e. The maximum absolute atomic E-state index is 9.98. The number of quaternary nitrogens is 1. The van der Waals surface area contributed by atoms with Crippen molar-refractivity contribution in [1.29, 1.82) is 0 Å². The molecule has 130 valence electrons. The van der Waals surface area contributed by atoms with Crippen molar-refractivity contribution < 1.29 is 50.5 Å². The van der Waals surface area contributed by atoms with Crippen LogP contribution in [0.2, 0.25) is 0 Å². The summed E-state index contributed by atoms with van der Waals surface area (Å²) in [5.74, 6) is -0.522. The summed E-state index contributed by atoms with van der Waals surface area (Å²) in [6, 6.07) is 0. The molecule has 9 atom stereocenters. The van der Waals surface area contributed by atoms with Gasteiger partial charge in [-0.25, -0.2) is 0 Å². The monoisotopic (exact) mass is 326 g/mol. The molecule has 2 heterocycles. The Morgan fingerprint density at radius 3 is 2.18 bits per heavy atom. The fourth-order valence-corrected chi connectivity index (χ4v) is 2.77. The van der Waals surface area contributed by atoms with E-state index in [9.17, 15) is 30.6 Å². The summed E-state index contributed by atoms with van der Waals surface area (Å²) in [6.45, 7) is -0.628. The molecule has 2 aliphatic rings. The van der Waals surface area contributed by atoms with E-state index in [-0.39, 0.29) is 13.2 Å². The molecule has 10 heteroatoms. The summed E-state index contributed by atoms with van der Waals surface area (Å²) < 4.78 is 10.6. The van der Waals surface area contributed by atoms with Gasteiger partial charge in [0.05, 0.1) is 25.7 Å². The molecular formula is C12H24NO9+. The van der Waals surface area contributed by atoms with Gasteiger partial charge in [0.25, 0.3) is 0 Å². The summed E-state index contributed by atoms with van der Waals surface area (Å²) >= 11 is 0. The number of aliphatic hydroxyl groups excluding tert-OH is 7. The second kappa shape index (κ2) is 7.45. The van der Waals surface area contributed by atoms with Gasteiger partial charge in [0, 0.05) is 0 Å². The van der Waals surface area contributed by atoms with Crippen molar-refractivity contribution in [2.75, 3.05) is 19.8 Å². The van der Waals surface area contributed by atoms with Crippen molar-refractivity contribution in [2.45, 2.75) is 49.1 Å². The molecule has 2 saturated heterocycles. The lowest BCUT2D eigenvalue weighted by Gasteiger charge is -2.43. The number of rotatable bonds is 4. The van der Waals surface area contributed by atoms with E-state index in [4.69, 9.17) is 14.6 Å². The number of piperidine rings is 1. The van der Waals surface area contributed by atoms with Gasteiger partial charge in [-0.3, -0.25) is 0 Å². The zero-order valence-corrected chi connectivity index (χ0v) is 11.8. The molecule has 0 radical (unpaired) electrons. The standard InChI is InChI=1S/C12H23NO9/c14-2-4-1-13-11(20)9(19)10(4)22-12-8(18)7(17)6(16)5(3-15)21-12/h4-20H,1-3H2/p+1/t4-,5-,6-,7+,8-,9+,10-,11-,12+/m1/s1. The first-order valence-electron chi connectivity index (χ1n) is 7.17. The highest BCUT2D eigenvalue weighted by Gasteiger charge is 2.48. The summed E-state index contributed by atoms with van der Waals surface area (Å²) in [4.78, 5) is 0. The average molecular weight is 326 g/mol. The van der Waals surface area contributed by atoms with Crippen molar-refractivity contribution in [3.05, 3.63) is 0 Å². The van der Waals surface area contributed by atoms with Crippen LogP contribution in [0.25, 0.3) is 0 Å². The van der Waals surface area contributed by atoms with Crippen molar-refractivity contribution in [3.8, 4) is 0 Å². The Morgan fingerprint density at radius 1 is 0.909 bits per heavy atom. The normalized spacial score (nSPS) is 50.0. The van der Waals surface area contributed by atoms with E-state index >= 15 is 0 Å². The third-order valence-corrected chi connectivity index (χ3v) is 4.21.